The molecule has 1 rings (SSSR count). The number of nitriles is 1. The van der Waals surface area contributed by atoms with E-state index in [0.29, 0.717) is 5.56 Å². The summed E-state index contributed by atoms with van der Waals surface area (Å²) in [4.78, 5) is 0. The Kier molecular flexibility index (Phi) is 6.36. The van der Waals surface area contributed by atoms with Gasteiger partial charge in [-0.3, -0.25) is 0 Å². The number of hydrogen-bond donors (Lipinski definition) is 1. The fourth-order valence-electron chi connectivity index (χ4n) is 1.35. The first-order valence-electron chi connectivity index (χ1n) is 5.20. The highest BCUT2D eigenvalue weighted by atomic mass is 79.9. The van der Waals surface area contributed by atoms with Crippen molar-refractivity contribution in [3.8, 4) is 6.07 Å². The highest BCUT2D eigenvalue weighted by Gasteiger charge is 2.01. The molecule has 0 atom stereocenters. The number of benzene rings is 1. The van der Waals surface area contributed by atoms with Crippen LogP contribution in [0.15, 0.2) is 22.7 Å². The SMILES string of the molecule is CSCCCCNc1cc(Br)ccc1C#N. The maximum atomic E-state index is 8.94. The molecule has 86 valence electrons. The number of unbranched alkanes of at least 4 members (excludes halogenated alkanes) is 1. The highest BCUT2D eigenvalue weighted by Crippen LogP contribution is 2.20. The topological polar surface area (TPSA) is 35.8 Å². The molecular weight excluding hydrogens is 284 g/mol. The minimum Gasteiger partial charge on any atom is -0.384 e. The summed E-state index contributed by atoms with van der Waals surface area (Å²) in [6.07, 6.45) is 4.47. The van der Waals surface area contributed by atoms with Crippen LogP contribution in [-0.2, 0) is 0 Å². The van der Waals surface area contributed by atoms with Gasteiger partial charge in [0.25, 0.3) is 0 Å². The van der Waals surface area contributed by atoms with Gasteiger partial charge in [0.1, 0.15) is 6.07 Å². The van der Waals surface area contributed by atoms with Crippen LogP contribution in [0.25, 0.3) is 0 Å². The van der Waals surface area contributed by atoms with E-state index in [0.717, 1.165) is 23.1 Å². The summed E-state index contributed by atoms with van der Waals surface area (Å²) >= 11 is 5.28. The molecule has 0 unspecified atom stereocenters. The van der Waals surface area contributed by atoms with Crippen LogP contribution in [0.4, 0.5) is 5.69 Å². The van der Waals surface area contributed by atoms with Crippen LogP contribution in [0.3, 0.4) is 0 Å². The number of nitrogens with one attached hydrogen (secondary N) is 1. The third-order valence-corrected chi connectivity index (χ3v) is 3.38. The Morgan fingerprint density at radius 3 is 2.94 bits per heavy atom. The van der Waals surface area contributed by atoms with Crippen molar-refractivity contribution in [2.75, 3.05) is 23.9 Å². The van der Waals surface area contributed by atoms with E-state index in [2.05, 4.69) is 33.6 Å². The molecule has 16 heavy (non-hydrogen) atoms. The van der Waals surface area contributed by atoms with Crippen molar-refractivity contribution in [3.63, 3.8) is 0 Å². The van der Waals surface area contributed by atoms with Crippen molar-refractivity contribution in [3.05, 3.63) is 28.2 Å². The molecule has 0 radical (unpaired) electrons. The van der Waals surface area contributed by atoms with Crippen LogP contribution in [-0.4, -0.2) is 18.6 Å². The Hall–Kier alpha value is -0.660. The van der Waals surface area contributed by atoms with Crippen LogP contribution in [0.5, 0.6) is 0 Å². The monoisotopic (exact) mass is 298 g/mol. The van der Waals surface area contributed by atoms with E-state index in [1.165, 1.54) is 12.2 Å². The first-order chi connectivity index (χ1) is 7.77. The molecule has 1 aromatic rings. The van der Waals surface area contributed by atoms with E-state index in [9.17, 15) is 0 Å². The molecule has 0 fully saturated rings. The van der Waals surface area contributed by atoms with E-state index in [1.807, 2.05) is 30.0 Å². The second kappa shape index (κ2) is 7.59. The number of thioether (sulfide) groups is 1. The molecule has 0 saturated heterocycles. The van der Waals surface area contributed by atoms with Crippen molar-refractivity contribution in [1.82, 2.24) is 0 Å². The van der Waals surface area contributed by atoms with Gasteiger partial charge in [0.2, 0.25) is 0 Å². The Bertz CT molecular complexity index is 374. The molecule has 0 bridgehead atoms. The average Bonchev–Trinajstić information content (AvgIpc) is 2.29. The van der Waals surface area contributed by atoms with E-state index in [4.69, 9.17) is 5.26 Å². The van der Waals surface area contributed by atoms with Crippen LogP contribution in [0.1, 0.15) is 18.4 Å². The molecule has 0 heterocycles. The predicted octanol–water partition coefficient (Wildman–Crippen LogP) is 3.88. The molecule has 0 aliphatic rings. The van der Waals surface area contributed by atoms with Gasteiger partial charge in [-0.1, -0.05) is 15.9 Å². The first kappa shape index (κ1) is 13.4. The van der Waals surface area contributed by atoms with Crippen LogP contribution in [0.2, 0.25) is 0 Å². The molecule has 0 aliphatic carbocycles. The summed E-state index contributed by atoms with van der Waals surface area (Å²) < 4.78 is 0.998. The van der Waals surface area contributed by atoms with Gasteiger partial charge >= 0.3 is 0 Å². The Balaban J connectivity index is 2.46. The van der Waals surface area contributed by atoms with Crippen molar-refractivity contribution < 1.29 is 0 Å². The number of hydrogen-bond acceptors (Lipinski definition) is 3. The molecule has 1 N–H and O–H groups in total. The number of halogens is 1. The van der Waals surface area contributed by atoms with Crippen LogP contribution >= 0.6 is 27.7 Å². The standard InChI is InChI=1S/C12H15BrN2S/c1-16-7-3-2-6-15-12-8-11(13)5-4-10(12)9-14/h4-5,8,15H,2-3,6-7H2,1H3. The van der Waals surface area contributed by atoms with Gasteiger partial charge in [0.15, 0.2) is 0 Å². The third kappa shape index (κ3) is 4.46. The van der Waals surface area contributed by atoms with Crippen LogP contribution < -0.4 is 5.32 Å². The number of rotatable bonds is 6. The molecule has 0 aromatic heterocycles. The van der Waals surface area contributed by atoms with Gasteiger partial charge in [0.05, 0.1) is 11.3 Å². The lowest BCUT2D eigenvalue weighted by Gasteiger charge is -2.08. The zero-order valence-corrected chi connectivity index (χ0v) is 11.7. The minimum atomic E-state index is 0.702. The van der Waals surface area contributed by atoms with Crippen molar-refractivity contribution in [2.45, 2.75) is 12.8 Å². The van der Waals surface area contributed by atoms with E-state index < -0.39 is 0 Å². The van der Waals surface area contributed by atoms with E-state index >= 15 is 0 Å². The average molecular weight is 299 g/mol. The molecule has 0 spiro atoms. The number of anilines is 1. The maximum Gasteiger partial charge on any atom is 0.101 e. The van der Waals surface area contributed by atoms with Crippen LogP contribution in [0, 0.1) is 11.3 Å². The summed E-state index contributed by atoms with van der Waals surface area (Å²) in [5.41, 5.74) is 1.62. The van der Waals surface area contributed by atoms with Gasteiger partial charge in [-0.05, 0) is 43.0 Å². The molecule has 0 amide bonds. The second-order valence-corrected chi connectivity index (χ2v) is 5.33. The van der Waals surface area contributed by atoms with Crippen molar-refractivity contribution >= 4 is 33.4 Å². The minimum absolute atomic E-state index is 0.702. The molecular formula is C12H15BrN2S. The number of nitrogens with zero attached hydrogens (tertiary/aromatic N) is 1. The van der Waals surface area contributed by atoms with Gasteiger partial charge in [-0.2, -0.15) is 17.0 Å². The van der Waals surface area contributed by atoms with Gasteiger partial charge in [-0.15, -0.1) is 0 Å². The van der Waals surface area contributed by atoms with E-state index in [1.54, 1.807) is 0 Å². The first-order valence-corrected chi connectivity index (χ1v) is 7.39. The predicted molar refractivity (Wildman–Crippen MR) is 75.0 cm³/mol. The van der Waals surface area contributed by atoms with Crippen molar-refractivity contribution in [2.24, 2.45) is 0 Å². The highest BCUT2D eigenvalue weighted by molar-refractivity contribution is 9.10. The molecule has 1 aromatic carbocycles. The lowest BCUT2D eigenvalue weighted by atomic mass is 10.2. The zero-order chi connectivity index (χ0) is 11.8. The van der Waals surface area contributed by atoms with Gasteiger partial charge < -0.3 is 5.32 Å². The summed E-state index contributed by atoms with van der Waals surface area (Å²) in [5.74, 6) is 1.20. The quantitative estimate of drug-likeness (QED) is 0.810. The summed E-state index contributed by atoms with van der Waals surface area (Å²) in [6.45, 7) is 0.922. The largest absolute Gasteiger partial charge is 0.384 e. The molecule has 2 nitrogen and oxygen atoms in total. The lowest BCUT2D eigenvalue weighted by Crippen LogP contribution is -2.03. The summed E-state index contributed by atoms with van der Waals surface area (Å²) in [5, 5.41) is 12.2. The van der Waals surface area contributed by atoms with E-state index in [-0.39, 0.29) is 0 Å². The summed E-state index contributed by atoms with van der Waals surface area (Å²) in [7, 11) is 0. The fraction of sp³-hybridized carbons (Fsp3) is 0.417. The van der Waals surface area contributed by atoms with Crippen molar-refractivity contribution in [1.29, 1.82) is 5.26 Å². The maximum absolute atomic E-state index is 8.94. The Labute approximate surface area is 110 Å². The smallest absolute Gasteiger partial charge is 0.101 e. The summed E-state index contributed by atoms with van der Waals surface area (Å²) in [6, 6.07) is 7.85. The normalized spacial score (nSPS) is 9.81. The molecule has 0 aliphatic heterocycles. The molecule has 4 heteroatoms. The lowest BCUT2D eigenvalue weighted by molar-refractivity contribution is 0.843. The van der Waals surface area contributed by atoms with Gasteiger partial charge in [-0.25, -0.2) is 0 Å². The van der Waals surface area contributed by atoms with Gasteiger partial charge in [0, 0.05) is 11.0 Å². The second-order valence-electron chi connectivity index (χ2n) is 3.43. The molecule has 0 saturated carbocycles. The zero-order valence-electron chi connectivity index (χ0n) is 9.29. The third-order valence-electron chi connectivity index (χ3n) is 2.19. The Morgan fingerprint density at radius 1 is 1.44 bits per heavy atom. The Morgan fingerprint density at radius 2 is 2.25 bits per heavy atom. The fourth-order valence-corrected chi connectivity index (χ4v) is 2.21.